The van der Waals surface area contributed by atoms with Crippen molar-refractivity contribution in [2.24, 2.45) is 0 Å². The van der Waals surface area contributed by atoms with Crippen LogP contribution in [0.4, 0.5) is 0 Å². The normalized spacial score (nSPS) is 12.9. The maximum absolute atomic E-state index is 12.6. The molecule has 6 heteroatoms. The number of rotatable bonds is 7. The van der Waals surface area contributed by atoms with E-state index in [-0.39, 0.29) is 5.91 Å². The minimum atomic E-state index is 0.0744. The van der Waals surface area contributed by atoms with E-state index in [1.165, 1.54) is 5.56 Å². The van der Waals surface area contributed by atoms with Crippen molar-refractivity contribution in [2.45, 2.75) is 19.4 Å². The van der Waals surface area contributed by atoms with Crippen LogP contribution in [0.25, 0.3) is 0 Å². The Morgan fingerprint density at radius 2 is 1.56 bits per heavy atom. The highest BCUT2D eigenvalue weighted by Crippen LogP contribution is 2.33. The fourth-order valence-electron chi connectivity index (χ4n) is 3.24. The predicted molar refractivity (Wildman–Crippen MR) is 102 cm³/mol. The molecule has 0 spiro atoms. The van der Waals surface area contributed by atoms with Gasteiger partial charge in [0, 0.05) is 13.1 Å². The number of nitrogens with zero attached hydrogens (tertiary/aromatic N) is 1. The molecule has 0 saturated heterocycles. The molecular formula is C21H25NO5. The molecule has 0 aliphatic carbocycles. The summed E-state index contributed by atoms with van der Waals surface area (Å²) in [6.07, 6.45) is 1.12. The zero-order chi connectivity index (χ0) is 19.2. The van der Waals surface area contributed by atoms with Crippen LogP contribution < -0.4 is 18.9 Å². The van der Waals surface area contributed by atoms with Crippen LogP contribution in [-0.4, -0.2) is 45.3 Å². The van der Waals surface area contributed by atoms with Crippen molar-refractivity contribution in [1.29, 1.82) is 0 Å². The van der Waals surface area contributed by atoms with E-state index >= 15 is 0 Å². The second-order valence-electron chi connectivity index (χ2n) is 6.29. The molecule has 0 aromatic heterocycles. The zero-order valence-electron chi connectivity index (χ0n) is 16.0. The van der Waals surface area contributed by atoms with Gasteiger partial charge in [-0.2, -0.15) is 0 Å². The van der Waals surface area contributed by atoms with Gasteiger partial charge in [0.2, 0.25) is 5.91 Å². The molecule has 0 unspecified atom stereocenters. The first kappa shape index (κ1) is 18.9. The molecule has 0 saturated carbocycles. The summed E-state index contributed by atoms with van der Waals surface area (Å²) in [5, 5.41) is 0. The molecule has 3 rings (SSSR count). The van der Waals surface area contributed by atoms with Crippen LogP contribution in [0.15, 0.2) is 36.4 Å². The third-order valence-electron chi connectivity index (χ3n) is 4.71. The monoisotopic (exact) mass is 371 g/mol. The van der Waals surface area contributed by atoms with Gasteiger partial charge in [-0.25, -0.2) is 0 Å². The van der Waals surface area contributed by atoms with Crippen molar-refractivity contribution in [3.8, 4) is 23.0 Å². The summed E-state index contributed by atoms with van der Waals surface area (Å²) in [4.78, 5) is 14.4. The van der Waals surface area contributed by atoms with Crippen LogP contribution in [0.3, 0.4) is 0 Å². The molecule has 6 nitrogen and oxygen atoms in total. The smallest absolute Gasteiger partial charge is 0.226 e. The van der Waals surface area contributed by atoms with Gasteiger partial charge in [-0.05, 0) is 41.8 Å². The number of hydrogen-bond donors (Lipinski definition) is 0. The minimum Gasteiger partial charge on any atom is -0.493 e. The number of amides is 1. The Bertz CT molecular complexity index is 805. The summed E-state index contributed by atoms with van der Waals surface area (Å²) in [6.45, 7) is 1.58. The number of ether oxygens (including phenoxy) is 4. The summed E-state index contributed by atoms with van der Waals surface area (Å²) in [6, 6.07) is 11.4. The van der Waals surface area contributed by atoms with Crippen molar-refractivity contribution in [2.75, 3.05) is 34.5 Å². The van der Waals surface area contributed by atoms with Gasteiger partial charge in [0.1, 0.15) is 0 Å². The van der Waals surface area contributed by atoms with Crippen molar-refractivity contribution in [1.82, 2.24) is 4.90 Å². The first-order chi connectivity index (χ1) is 13.2. The predicted octanol–water partition coefficient (Wildman–Crippen LogP) is 3.07. The fraction of sp³-hybridized carbons (Fsp3) is 0.381. The molecule has 0 bridgehead atoms. The first-order valence-electron chi connectivity index (χ1n) is 8.93. The second-order valence-corrected chi connectivity index (χ2v) is 6.29. The maximum atomic E-state index is 12.6. The molecule has 1 aliphatic rings. The molecule has 1 heterocycles. The zero-order valence-corrected chi connectivity index (χ0v) is 16.0. The molecule has 1 aliphatic heterocycles. The van der Waals surface area contributed by atoms with E-state index in [9.17, 15) is 4.79 Å². The number of carbonyl (C=O) groups is 1. The first-order valence-corrected chi connectivity index (χ1v) is 8.93. The Morgan fingerprint density at radius 1 is 0.926 bits per heavy atom. The van der Waals surface area contributed by atoms with Crippen LogP contribution in [-0.2, 0) is 17.8 Å². The maximum Gasteiger partial charge on any atom is 0.226 e. The van der Waals surface area contributed by atoms with E-state index in [2.05, 4.69) is 0 Å². The van der Waals surface area contributed by atoms with Gasteiger partial charge in [-0.3, -0.25) is 4.79 Å². The van der Waals surface area contributed by atoms with Crippen LogP contribution in [0.1, 0.15) is 17.5 Å². The van der Waals surface area contributed by atoms with Crippen LogP contribution >= 0.6 is 0 Å². The van der Waals surface area contributed by atoms with Crippen molar-refractivity contribution in [3.63, 3.8) is 0 Å². The molecule has 0 fully saturated rings. The lowest BCUT2D eigenvalue weighted by Crippen LogP contribution is -2.36. The Morgan fingerprint density at radius 3 is 2.22 bits per heavy atom. The largest absolute Gasteiger partial charge is 0.493 e. The molecule has 0 atom stereocenters. The Hall–Kier alpha value is -2.89. The summed E-state index contributed by atoms with van der Waals surface area (Å²) in [5.74, 6) is 2.79. The highest BCUT2D eigenvalue weighted by molar-refractivity contribution is 5.76. The fourth-order valence-corrected chi connectivity index (χ4v) is 3.24. The summed E-state index contributed by atoms with van der Waals surface area (Å²) < 4.78 is 21.7. The lowest BCUT2D eigenvalue weighted by Gasteiger charge is -2.29. The van der Waals surface area contributed by atoms with E-state index in [0.29, 0.717) is 43.4 Å². The highest BCUT2D eigenvalue weighted by atomic mass is 16.5. The van der Waals surface area contributed by atoms with Gasteiger partial charge in [0.25, 0.3) is 0 Å². The molecule has 1 amide bonds. The lowest BCUT2D eigenvalue weighted by molar-refractivity contribution is -0.132. The second kappa shape index (κ2) is 8.66. The Labute approximate surface area is 159 Å². The van der Waals surface area contributed by atoms with Gasteiger partial charge in [-0.15, -0.1) is 0 Å². The van der Waals surface area contributed by atoms with Gasteiger partial charge in [0.05, 0.1) is 34.4 Å². The quantitative estimate of drug-likeness (QED) is 0.749. The van der Waals surface area contributed by atoms with Crippen molar-refractivity contribution in [3.05, 3.63) is 47.5 Å². The molecule has 144 valence electrons. The minimum absolute atomic E-state index is 0.0744. The van der Waals surface area contributed by atoms with Gasteiger partial charge >= 0.3 is 0 Å². The summed E-state index contributed by atoms with van der Waals surface area (Å²) >= 11 is 0. The van der Waals surface area contributed by atoms with Crippen LogP contribution in [0, 0.1) is 0 Å². The van der Waals surface area contributed by atoms with E-state index in [4.69, 9.17) is 18.9 Å². The topological polar surface area (TPSA) is 57.2 Å². The van der Waals surface area contributed by atoms with Crippen LogP contribution in [0.5, 0.6) is 23.0 Å². The molecule has 2 aromatic rings. The molecule has 0 radical (unpaired) electrons. The molecule has 0 N–H and O–H groups in total. The third kappa shape index (κ3) is 4.27. The number of carbonyl (C=O) groups excluding carboxylic acids is 1. The number of fused-ring (bicyclic) bond motifs is 1. The molecule has 27 heavy (non-hydrogen) atoms. The lowest BCUT2D eigenvalue weighted by atomic mass is 9.98. The number of hydrogen-bond acceptors (Lipinski definition) is 5. The summed E-state index contributed by atoms with van der Waals surface area (Å²) in [5.41, 5.74) is 2.29. The average Bonchev–Trinajstić information content (AvgIpc) is 2.72. The van der Waals surface area contributed by atoms with Gasteiger partial charge in [0.15, 0.2) is 23.0 Å². The van der Waals surface area contributed by atoms with Crippen molar-refractivity contribution < 1.29 is 23.7 Å². The van der Waals surface area contributed by atoms with Crippen LogP contribution in [0.2, 0.25) is 0 Å². The van der Waals surface area contributed by atoms with E-state index < -0.39 is 0 Å². The van der Waals surface area contributed by atoms with E-state index in [1.807, 2.05) is 41.3 Å². The number of methoxy groups -OCH3 is 3. The van der Waals surface area contributed by atoms with E-state index in [1.54, 1.807) is 21.3 Å². The number of para-hydroxylation sites is 2. The summed E-state index contributed by atoms with van der Waals surface area (Å²) in [7, 11) is 4.84. The van der Waals surface area contributed by atoms with Gasteiger partial charge < -0.3 is 23.8 Å². The third-order valence-corrected chi connectivity index (χ3v) is 4.71. The standard InChI is InChI=1S/C21H25NO5/c1-24-17-6-4-5-7-18(17)27-11-9-21(23)22-10-8-15-12-19(25-2)20(26-3)13-16(15)14-22/h4-7,12-13H,8-11,14H2,1-3H3. The average molecular weight is 371 g/mol. The van der Waals surface area contributed by atoms with Crippen molar-refractivity contribution >= 4 is 5.91 Å². The highest BCUT2D eigenvalue weighted by Gasteiger charge is 2.22. The Balaban J connectivity index is 1.59. The van der Waals surface area contributed by atoms with Gasteiger partial charge in [-0.1, -0.05) is 12.1 Å². The van der Waals surface area contributed by atoms with E-state index in [0.717, 1.165) is 17.7 Å². The molecule has 2 aromatic carbocycles. The number of benzene rings is 2. The SMILES string of the molecule is COc1cc2c(cc1OC)CN(C(=O)CCOc1ccccc1OC)CC2. The molecular weight excluding hydrogens is 346 g/mol. The Kier molecular flexibility index (Phi) is 6.06.